The molecule has 25 heavy (non-hydrogen) atoms. The Morgan fingerprint density at radius 1 is 1.16 bits per heavy atom. The second-order valence-electron chi connectivity index (χ2n) is 5.78. The minimum absolute atomic E-state index is 0.326. The van der Waals surface area contributed by atoms with E-state index >= 15 is 0 Å². The lowest BCUT2D eigenvalue weighted by Crippen LogP contribution is -2.50. The van der Waals surface area contributed by atoms with Crippen molar-refractivity contribution in [3.05, 3.63) is 41.7 Å². The number of anilines is 2. The van der Waals surface area contributed by atoms with Crippen LogP contribution in [0.15, 0.2) is 34.9 Å². The minimum atomic E-state index is -4.39. The van der Waals surface area contributed by atoms with Crippen LogP contribution in [0.4, 0.5) is 29.5 Å². The lowest BCUT2D eigenvalue weighted by atomic mass is 10.2. The van der Waals surface area contributed by atoms with Gasteiger partial charge in [0.25, 0.3) is 0 Å². The van der Waals surface area contributed by atoms with Crippen LogP contribution in [0, 0.1) is 6.92 Å². The zero-order valence-electron chi connectivity index (χ0n) is 13.5. The molecule has 1 aromatic heterocycles. The van der Waals surface area contributed by atoms with E-state index in [2.05, 4.69) is 10.5 Å². The third-order valence-electron chi connectivity index (χ3n) is 3.97. The number of hydrogen-bond acceptors (Lipinski definition) is 4. The van der Waals surface area contributed by atoms with Gasteiger partial charge in [-0.05, 0) is 31.2 Å². The van der Waals surface area contributed by atoms with E-state index in [9.17, 15) is 18.0 Å². The van der Waals surface area contributed by atoms with E-state index in [1.165, 1.54) is 12.1 Å². The molecule has 1 fully saturated rings. The maximum atomic E-state index is 12.5. The maximum Gasteiger partial charge on any atom is 0.416 e. The molecule has 134 valence electrons. The van der Waals surface area contributed by atoms with E-state index in [1.54, 1.807) is 4.90 Å². The molecule has 0 unspecified atom stereocenters. The quantitative estimate of drug-likeness (QED) is 0.898. The fraction of sp³-hybridized carbons (Fsp3) is 0.375. The first-order chi connectivity index (χ1) is 11.8. The Kier molecular flexibility index (Phi) is 4.56. The largest absolute Gasteiger partial charge is 0.416 e. The van der Waals surface area contributed by atoms with Gasteiger partial charge in [-0.3, -0.25) is 0 Å². The minimum Gasteiger partial charge on any atom is -0.360 e. The molecule has 0 radical (unpaired) electrons. The number of piperazine rings is 1. The number of rotatable bonds is 2. The van der Waals surface area contributed by atoms with Gasteiger partial charge < -0.3 is 19.6 Å². The highest BCUT2D eigenvalue weighted by Gasteiger charge is 2.30. The van der Waals surface area contributed by atoms with Gasteiger partial charge in [0.2, 0.25) is 0 Å². The number of nitrogens with zero attached hydrogens (tertiary/aromatic N) is 3. The highest BCUT2D eigenvalue weighted by molar-refractivity contribution is 5.89. The summed E-state index contributed by atoms with van der Waals surface area (Å²) in [4.78, 5) is 15.9. The molecule has 2 amide bonds. The van der Waals surface area contributed by atoms with Gasteiger partial charge >= 0.3 is 12.2 Å². The number of aromatic nitrogens is 1. The molecule has 3 rings (SSSR count). The molecule has 0 aliphatic carbocycles. The average molecular weight is 354 g/mol. The van der Waals surface area contributed by atoms with Gasteiger partial charge in [0.1, 0.15) is 5.76 Å². The number of amides is 2. The van der Waals surface area contributed by atoms with Crippen LogP contribution >= 0.6 is 0 Å². The van der Waals surface area contributed by atoms with Gasteiger partial charge in [-0.1, -0.05) is 5.16 Å². The molecule has 1 N–H and O–H groups in total. The van der Waals surface area contributed by atoms with Crippen molar-refractivity contribution in [1.29, 1.82) is 0 Å². The molecular formula is C16H17F3N4O2. The predicted octanol–water partition coefficient (Wildman–Crippen LogP) is 3.36. The molecule has 1 aliphatic rings. The van der Waals surface area contributed by atoms with Crippen molar-refractivity contribution < 1.29 is 22.5 Å². The van der Waals surface area contributed by atoms with Gasteiger partial charge in [0.05, 0.1) is 5.56 Å². The zero-order valence-corrected chi connectivity index (χ0v) is 13.5. The zero-order chi connectivity index (χ0) is 18.0. The Morgan fingerprint density at radius 3 is 2.32 bits per heavy atom. The van der Waals surface area contributed by atoms with Gasteiger partial charge in [-0.15, -0.1) is 0 Å². The van der Waals surface area contributed by atoms with Gasteiger partial charge in [-0.25, -0.2) is 4.79 Å². The Morgan fingerprint density at radius 2 is 1.80 bits per heavy atom. The normalized spacial score (nSPS) is 15.4. The number of nitrogens with one attached hydrogen (secondary N) is 1. The number of aryl methyl sites for hydroxylation is 1. The first kappa shape index (κ1) is 17.1. The standard InChI is InChI=1S/C16H17F3N4O2/c1-11-10-14(21-25-11)22-6-8-23(9-7-22)15(24)20-13-4-2-12(3-5-13)16(17,18)19/h2-5,10H,6-9H2,1H3,(H,20,24). The molecule has 2 aromatic rings. The molecule has 2 heterocycles. The second-order valence-corrected chi connectivity index (χ2v) is 5.78. The van der Waals surface area contributed by atoms with Crippen molar-refractivity contribution in [2.24, 2.45) is 0 Å². The number of halogens is 3. The smallest absolute Gasteiger partial charge is 0.360 e. The molecule has 0 spiro atoms. The number of carbonyl (C=O) groups is 1. The molecule has 1 aliphatic heterocycles. The van der Waals surface area contributed by atoms with Crippen molar-refractivity contribution in [2.75, 3.05) is 36.4 Å². The summed E-state index contributed by atoms with van der Waals surface area (Å²) in [6, 6.07) is 5.87. The number of hydrogen-bond donors (Lipinski definition) is 1. The Bertz CT molecular complexity index is 735. The van der Waals surface area contributed by atoms with E-state index in [1.807, 2.05) is 17.9 Å². The van der Waals surface area contributed by atoms with Crippen LogP contribution in [0.3, 0.4) is 0 Å². The number of alkyl halides is 3. The molecule has 0 bridgehead atoms. The second kappa shape index (κ2) is 6.66. The highest BCUT2D eigenvalue weighted by atomic mass is 19.4. The summed E-state index contributed by atoms with van der Waals surface area (Å²) in [6.07, 6.45) is -4.39. The first-order valence-corrected chi connectivity index (χ1v) is 7.74. The van der Waals surface area contributed by atoms with Crippen LogP contribution in [0.2, 0.25) is 0 Å². The molecule has 9 heteroatoms. The van der Waals surface area contributed by atoms with Crippen LogP contribution in [-0.2, 0) is 6.18 Å². The van der Waals surface area contributed by atoms with E-state index < -0.39 is 11.7 Å². The summed E-state index contributed by atoms with van der Waals surface area (Å²) in [7, 11) is 0. The van der Waals surface area contributed by atoms with Crippen molar-refractivity contribution in [2.45, 2.75) is 13.1 Å². The van der Waals surface area contributed by atoms with Crippen molar-refractivity contribution >= 4 is 17.5 Å². The predicted molar refractivity (Wildman–Crippen MR) is 85.5 cm³/mol. The molecular weight excluding hydrogens is 337 g/mol. The lowest BCUT2D eigenvalue weighted by molar-refractivity contribution is -0.137. The van der Waals surface area contributed by atoms with E-state index in [4.69, 9.17) is 4.52 Å². The van der Waals surface area contributed by atoms with Gasteiger partial charge in [0, 0.05) is 37.9 Å². The molecule has 1 aromatic carbocycles. The lowest BCUT2D eigenvalue weighted by Gasteiger charge is -2.34. The Balaban J connectivity index is 1.54. The number of benzene rings is 1. The highest BCUT2D eigenvalue weighted by Crippen LogP contribution is 2.29. The van der Waals surface area contributed by atoms with Crippen molar-refractivity contribution in [3.63, 3.8) is 0 Å². The number of carbonyl (C=O) groups excluding carboxylic acids is 1. The fourth-order valence-corrected chi connectivity index (χ4v) is 2.59. The Labute approximate surface area is 142 Å². The topological polar surface area (TPSA) is 61.6 Å². The Hall–Kier alpha value is -2.71. The maximum absolute atomic E-state index is 12.5. The van der Waals surface area contributed by atoms with Gasteiger partial charge in [-0.2, -0.15) is 13.2 Å². The van der Waals surface area contributed by atoms with Crippen LogP contribution in [0.1, 0.15) is 11.3 Å². The van der Waals surface area contributed by atoms with Crippen LogP contribution in [0.25, 0.3) is 0 Å². The molecule has 1 saturated heterocycles. The van der Waals surface area contributed by atoms with E-state index in [0.717, 1.165) is 23.7 Å². The average Bonchev–Trinajstić information content (AvgIpc) is 3.01. The molecule has 6 nitrogen and oxygen atoms in total. The third-order valence-corrected chi connectivity index (χ3v) is 3.97. The van der Waals surface area contributed by atoms with Crippen LogP contribution < -0.4 is 10.2 Å². The van der Waals surface area contributed by atoms with Crippen LogP contribution in [0.5, 0.6) is 0 Å². The monoisotopic (exact) mass is 354 g/mol. The van der Waals surface area contributed by atoms with Crippen LogP contribution in [-0.4, -0.2) is 42.3 Å². The first-order valence-electron chi connectivity index (χ1n) is 7.74. The van der Waals surface area contributed by atoms with Crippen molar-refractivity contribution in [3.8, 4) is 0 Å². The third kappa shape index (κ3) is 4.04. The molecule has 0 saturated carbocycles. The summed E-state index contributed by atoms with van der Waals surface area (Å²) in [6.45, 7) is 3.99. The summed E-state index contributed by atoms with van der Waals surface area (Å²) < 4.78 is 42.7. The fourth-order valence-electron chi connectivity index (χ4n) is 2.59. The summed E-state index contributed by atoms with van der Waals surface area (Å²) in [5, 5.41) is 6.56. The van der Waals surface area contributed by atoms with Crippen molar-refractivity contribution in [1.82, 2.24) is 10.1 Å². The number of urea groups is 1. The van der Waals surface area contributed by atoms with E-state index in [-0.39, 0.29) is 6.03 Å². The summed E-state index contributed by atoms with van der Waals surface area (Å²) in [5.41, 5.74) is -0.422. The summed E-state index contributed by atoms with van der Waals surface area (Å²) in [5.74, 6) is 1.46. The van der Waals surface area contributed by atoms with Gasteiger partial charge in [0.15, 0.2) is 5.82 Å². The molecule has 0 atom stereocenters. The van der Waals surface area contributed by atoms with E-state index in [0.29, 0.717) is 31.9 Å². The summed E-state index contributed by atoms with van der Waals surface area (Å²) >= 11 is 0. The SMILES string of the molecule is Cc1cc(N2CCN(C(=O)Nc3ccc(C(F)(F)F)cc3)CC2)no1.